The van der Waals surface area contributed by atoms with Crippen molar-refractivity contribution >= 4 is 5.91 Å². The van der Waals surface area contributed by atoms with Crippen LogP contribution in [0.4, 0.5) is 0 Å². The van der Waals surface area contributed by atoms with Gasteiger partial charge in [-0.1, -0.05) is 25.1 Å². The van der Waals surface area contributed by atoms with E-state index in [-0.39, 0.29) is 11.9 Å². The third-order valence-electron chi connectivity index (χ3n) is 3.21. The molecule has 1 aromatic carbocycles. The van der Waals surface area contributed by atoms with Crippen LogP contribution in [0.15, 0.2) is 36.5 Å². The molecule has 0 saturated heterocycles. The quantitative estimate of drug-likeness (QED) is 0.874. The largest absolute Gasteiger partial charge is 0.354 e. The van der Waals surface area contributed by atoms with E-state index in [4.69, 9.17) is 0 Å². The standard InChI is InChI=1S/C15H20N4O/c1-4-17-11(2)12-7-5-6-8-14(12)19-10-9-13(18-19)15(20)16-3/h5-11,17H,4H2,1-3H3,(H,16,20). The molecule has 0 aliphatic heterocycles. The molecule has 1 unspecified atom stereocenters. The van der Waals surface area contributed by atoms with Crippen LogP contribution in [-0.2, 0) is 0 Å². The zero-order valence-corrected chi connectivity index (χ0v) is 12.1. The third kappa shape index (κ3) is 2.88. The zero-order valence-electron chi connectivity index (χ0n) is 12.1. The molecule has 1 atom stereocenters. The van der Waals surface area contributed by atoms with Gasteiger partial charge in [0.15, 0.2) is 5.69 Å². The van der Waals surface area contributed by atoms with Crippen molar-refractivity contribution in [2.45, 2.75) is 19.9 Å². The molecule has 20 heavy (non-hydrogen) atoms. The maximum Gasteiger partial charge on any atom is 0.271 e. The Morgan fingerprint density at radius 1 is 1.35 bits per heavy atom. The van der Waals surface area contributed by atoms with Crippen LogP contribution in [0, 0.1) is 0 Å². The number of hydrogen-bond acceptors (Lipinski definition) is 3. The van der Waals surface area contributed by atoms with E-state index < -0.39 is 0 Å². The maximum atomic E-state index is 11.6. The summed E-state index contributed by atoms with van der Waals surface area (Å²) in [5, 5.41) is 10.3. The van der Waals surface area contributed by atoms with Gasteiger partial charge in [-0.05, 0) is 31.2 Å². The Balaban J connectivity index is 2.37. The summed E-state index contributed by atoms with van der Waals surface area (Å²) in [7, 11) is 1.60. The molecule has 1 amide bonds. The highest BCUT2D eigenvalue weighted by Gasteiger charge is 2.13. The highest BCUT2D eigenvalue weighted by molar-refractivity contribution is 5.91. The lowest BCUT2D eigenvalue weighted by molar-refractivity contribution is 0.0957. The molecule has 0 spiro atoms. The van der Waals surface area contributed by atoms with Crippen LogP contribution < -0.4 is 10.6 Å². The molecule has 2 aromatic rings. The summed E-state index contributed by atoms with van der Waals surface area (Å²) in [6.07, 6.45) is 1.81. The van der Waals surface area contributed by atoms with Gasteiger partial charge in [0, 0.05) is 19.3 Å². The van der Waals surface area contributed by atoms with Gasteiger partial charge >= 0.3 is 0 Å². The van der Waals surface area contributed by atoms with Gasteiger partial charge in [-0.15, -0.1) is 0 Å². The van der Waals surface area contributed by atoms with Gasteiger partial charge in [0.25, 0.3) is 5.91 Å². The number of nitrogens with zero attached hydrogens (tertiary/aromatic N) is 2. The van der Waals surface area contributed by atoms with Gasteiger partial charge in [-0.25, -0.2) is 4.68 Å². The number of carbonyl (C=O) groups is 1. The molecule has 2 rings (SSSR count). The van der Waals surface area contributed by atoms with Crippen LogP contribution >= 0.6 is 0 Å². The minimum atomic E-state index is -0.180. The molecule has 0 saturated carbocycles. The molecule has 106 valence electrons. The minimum absolute atomic E-state index is 0.180. The Morgan fingerprint density at radius 2 is 2.10 bits per heavy atom. The fourth-order valence-electron chi connectivity index (χ4n) is 2.19. The summed E-state index contributed by atoms with van der Waals surface area (Å²) >= 11 is 0. The number of amides is 1. The highest BCUT2D eigenvalue weighted by atomic mass is 16.1. The van der Waals surface area contributed by atoms with Crippen molar-refractivity contribution in [1.29, 1.82) is 0 Å². The first-order chi connectivity index (χ1) is 9.67. The number of benzene rings is 1. The van der Waals surface area contributed by atoms with Crippen molar-refractivity contribution in [2.24, 2.45) is 0 Å². The van der Waals surface area contributed by atoms with Crippen LogP contribution in [0.1, 0.15) is 35.9 Å². The molecule has 0 aliphatic carbocycles. The smallest absolute Gasteiger partial charge is 0.271 e. The molecule has 5 nitrogen and oxygen atoms in total. The first kappa shape index (κ1) is 14.3. The Bertz CT molecular complexity index is 591. The third-order valence-corrected chi connectivity index (χ3v) is 3.21. The minimum Gasteiger partial charge on any atom is -0.354 e. The van der Waals surface area contributed by atoms with Gasteiger partial charge in [-0.2, -0.15) is 5.10 Å². The predicted octanol–water partition coefficient (Wildman–Crippen LogP) is 1.90. The van der Waals surface area contributed by atoms with Crippen LogP contribution in [0.3, 0.4) is 0 Å². The van der Waals surface area contributed by atoms with E-state index in [1.54, 1.807) is 17.8 Å². The van der Waals surface area contributed by atoms with Crippen LogP contribution in [-0.4, -0.2) is 29.3 Å². The lowest BCUT2D eigenvalue weighted by Crippen LogP contribution is -2.20. The van der Waals surface area contributed by atoms with Crippen molar-refractivity contribution in [3.05, 3.63) is 47.8 Å². The van der Waals surface area contributed by atoms with Gasteiger partial charge < -0.3 is 10.6 Å². The summed E-state index contributed by atoms with van der Waals surface area (Å²) < 4.78 is 1.74. The first-order valence-electron chi connectivity index (χ1n) is 6.77. The molecular formula is C15H20N4O. The van der Waals surface area contributed by atoms with Crippen LogP contribution in [0.5, 0.6) is 0 Å². The Kier molecular flexibility index (Phi) is 4.53. The molecule has 0 radical (unpaired) electrons. The van der Waals surface area contributed by atoms with Crippen molar-refractivity contribution in [3.63, 3.8) is 0 Å². The van der Waals surface area contributed by atoms with Crippen LogP contribution in [0.2, 0.25) is 0 Å². The summed E-state index contributed by atoms with van der Waals surface area (Å²) in [6.45, 7) is 5.10. The lowest BCUT2D eigenvalue weighted by atomic mass is 10.1. The van der Waals surface area contributed by atoms with E-state index in [1.807, 2.05) is 24.4 Å². The molecule has 2 N–H and O–H groups in total. The fraction of sp³-hybridized carbons (Fsp3) is 0.333. The second-order valence-electron chi connectivity index (χ2n) is 4.56. The SMILES string of the molecule is CCNC(C)c1ccccc1-n1ccc(C(=O)NC)n1. The summed E-state index contributed by atoms with van der Waals surface area (Å²) in [4.78, 5) is 11.6. The second-order valence-corrected chi connectivity index (χ2v) is 4.56. The van der Waals surface area contributed by atoms with Gasteiger partial charge in [0.1, 0.15) is 0 Å². The molecule has 0 fully saturated rings. The fourth-order valence-corrected chi connectivity index (χ4v) is 2.19. The molecule has 0 aliphatic rings. The first-order valence-corrected chi connectivity index (χ1v) is 6.77. The number of nitrogens with one attached hydrogen (secondary N) is 2. The number of rotatable bonds is 5. The monoisotopic (exact) mass is 272 g/mol. The summed E-state index contributed by atoms with van der Waals surface area (Å²) in [5.41, 5.74) is 2.55. The highest BCUT2D eigenvalue weighted by Crippen LogP contribution is 2.21. The predicted molar refractivity (Wildman–Crippen MR) is 79.0 cm³/mol. The van der Waals surface area contributed by atoms with Crippen molar-refractivity contribution < 1.29 is 4.79 Å². The van der Waals surface area contributed by atoms with E-state index in [0.29, 0.717) is 5.69 Å². The van der Waals surface area contributed by atoms with E-state index >= 15 is 0 Å². The van der Waals surface area contributed by atoms with Gasteiger partial charge in [0.2, 0.25) is 0 Å². The number of carbonyl (C=O) groups excluding carboxylic acids is 1. The van der Waals surface area contributed by atoms with E-state index in [2.05, 4.69) is 35.6 Å². The Hall–Kier alpha value is -2.14. The summed E-state index contributed by atoms with van der Waals surface area (Å²) in [6, 6.07) is 10.00. The maximum absolute atomic E-state index is 11.6. The van der Waals surface area contributed by atoms with E-state index in [1.165, 1.54) is 0 Å². The molecule has 0 bridgehead atoms. The second kappa shape index (κ2) is 6.34. The van der Waals surface area contributed by atoms with Crippen molar-refractivity contribution in [3.8, 4) is 5.69 Å². The molecule has 1 aromatic heterocycles. The van der Waals surface area contributed by atoms with E-state index in [0.717, 1.165) is 17.8 Å². The van der Waals surface area contributed by atoms with E-state index in [9.17, 15) is 4.79 Å². The number of aromatic nitrogens is 2. The Morgan fingerprint density at radius 3 is 2.80 bits per heavy atom. The summed E-state index contributed by atoms with van der Waals surface area (Å²) in [5.74, 6) is -0.180. The van der Waals surface area contributed by atoms with Crippen LogP contribution in [0.25, 0.3) is 5.69 Å². The average Bonchev–Trinajstić information content (AvgIpc) is 2.96. The lowest BCUT2D eigenvalue weighted by Gasteiger charge is -2.17. The van der Waals surface area contributed by atoms with Gasteiger partial charge in [-0.3, -0.25) is 4.79 Å². The number of hydrogen-bond donors (Lipinski definition) is 2. The zero-order chi connectivity index (χ0) is 14.5. The normalized spacial score (nSPS) is 12.2. The Labute approximate surface area is 119 Å². The number of para-hydroxylation sites is 1. The molecule has 5 heteroatoms. The molecular weight excluding hydrogens is 252 g/mol. The molecule has 1 heterocycles. The van der Waals surface area contributed by atoms with Crippen molar-refractivity contribution in [2.75, 3.05) is 13.6 Å². The van der Waals surface area contributed by atoms with Crippen molar-refractivity contribution in [1.82, 2.24) is 20.4 Å². The average molecular weight is 272 g/mol. The topological polar surface area (TPSA) is 59.0 Å². The van der Waals surface area contributed by atoms with Gasteiger partial charge in [0.05, 0.1) is 5.69 Å².